The molecule has 4 heteroatoms. The first kappa shape index (κ1) is 10.6. The van der Waals surface area contributed by atoms with Gasteiger partial charge in [-0.2, -0.15) is 0 Å². The lowest BCUT2D eigenvalue weighted by Crippen LogP contribution is -1.97. The van der Waals surface area contributed by atoms with Crippen molar-refractivity contribution in [3.63, 3.8) is 0 Å². The first-order chi connectivity index (χ1) is 9.42. The summed E-state index contributed by atoms with van der Waals surface area (Å²) in [7, 11) is 0. The molecule has 0 aliphatic rings. The molecule has 0 fully saturated rings. The molecule has 1 N–H and O–H groups in total. The number of nitrogens with zero attached hydrogens (tertiary/aromatic N) is 2. The molecule has 19 heavy (non-hydrogen) atoms. The molecule has 0 radical (unpaired) electrons. The van der Waals surface area contributed by atoms with Crippen LogP contribution in [0.3, 0.4) is 0 Å². The van der Waals surface area contributed by atoms with Crippen LogP contribution in [0, 0.1) is 0 Å². The average molecular weight is 265 g/mol. The van der Waals surface area contributed by atoms with Gasteiger partial charge in [0.05, 0.1) is 11.0 Å². The fraction of sp³-hybridized carbons (Fsp3) is 0. The second kappa shape index (κ2) is 4.10. The molecule has 1 aromatic carbocycles. The van der Waals surface area contributed by atoms with Crippen molar-refractivity contribution in [1.29, 1.82) is 0 Å². The highest BCUT2D eigenvalue weighted by Gasteiger charge is 2.08. The van der Waals surface area contributed by atoms with Crippen molar-refractivity contribution < 1.29 is 0 Å². The zero-order chi connectivity index (χ0) is 12.7. The number of rotatable bonds is 2. The Labute approximate surface area is 114 Å². The van der Waals surface area contributed by atoms with Crippen molar-refractivity contribution in [2.45, 2.75) is 0 Å². The molecule has 0 amide bonds. The highest BCUT2D eigenvalue weighted by molar-refractivity contribution is 7.16. The Morgan fingerprint density at radius 3 is 2.74 bits per heavy atom. The average Bonchev–Trinajstić information content (AvgIpc) is 3.07. The SMILES string of the molecule is c1ccc(Nc2nc3sccc3n3cccc23)cc1. The summed E-state index contributed by atoms with van der Waals surface area (Å²) in [5.41, 5.74) is 3.30. The largest absolute Gasteiger partial charge is 0.338 e. The summed E-state index contributed by atoms with van der Waals surface area (Å²) in [6, 6.07) is 16.3. The minimum atomic E-state index is 0.895. The maximum atomic E-state index is 4.72. The Hall–Kier alpha value is -2.33. The van der Waals surface area contributed by atoms with Crippen LogP contribution in [0.4, 0.5) is 11.5 Å². The summed E-state index contributed by atoms with van der Waals surface area (Å²) in [5, 5.41) is 5.46. The Balaban J connectivity index is 1.94. The molecule has 0 saturated carbocycles. The molecule has 4 rings (SSSR count). The highest BCUT2D eigenvalue weighted by Crippen LogP contribution is 2.27. The van der Waals surface area contributed by atoms with E-state index in [1.807, 2.05) is 36.4 Å². The quantitative estimate of drug-likeness (QED) is 0.585. The number of para-hydroxylation sites is 1. The Bertz CT molecular complexity index is 845. The van der Waals surface area contributed by atoms with Crippen LogP contribution >= 0.6 is 11.3 Å². The number of benzene rings is 1. The second-order valence-corrected chi connectivity index (χ2v) is 5.22. The van der Waals surface area contributed by atoms with Crippen LogP contribution in [-0.4, -0.2) is 9.38 Å². The van der Waals surface area contributed by atoms with Crippen molar-refractivity contribution >= 4 is 38.7 Å². The summed E-state index contributed by atoms with van der Waals surface area (Å²) in [5.74, 6) is 0.895. The zero-order valence-electron chi connectivity index (χ0n) is 10.1. The maximum Gasteiger partial charge on any atom is 0.156 e. The van der Waals surface area contributed by atoms with E-state index in [1.165, 1.54) is 0 Å². The van der Waals surface area contributed by atoms with Gasteiger partial charge in [-0.1, -0.05) is 18.2 Å². The van der Waals surface area contributed by atoms with Crippen molar-refractivity contribution in [3.05, 3.63) is 60.1 Å². The van der Waals surface area contributed by atoms with Crippen LogP contribution in [0.1, 0.15) is 0 Å². The van der Waals surface area contributed by atoms with E-state index in [-0.39, 0.29) is 0 Å². The van der Waals surface area contributed by atoms with Crippen LogP contribution in [-0.2, 0) is 0 Å². The minimum Gasteiger partial charge on any atom is -0.338 e. The molecule has 92 valence electrons. The summed E-state index contributed by atoms with van der Waals surface area (Å²) in [4.78, 5) is 5.76. The van der Waals surface area contributed by atoms with Gasteiger partial charge in [-0.15, -0.1) is 11.3 Å². The lowest BCUT2D eigenvalue weighted by molar-refractivity contribution is 1.24. The third-order valence-corrected chi connectivity index (χ3v) is 3.92. The molecule has 3 nitrogen and oxygen atoms in total. The molecular weight excluding hydrogens is 254 g/mol. The van der Waals surface area contributed by atoms with E-state index in [0.717, 1.165) is 27.4 Å². The van der Waals surface area contributed by atoms with Crippen LogP contribution in [0.25, 0.3) is 15.9 Å². The molecule has 3 heterocycles. The van der Waals surface area contributed by atoms with Crippen molar-refractivity contribution in [2.24, 2.45) is 0 Å². The van der Waals surface area contributed by atoms with Gasteiger partial charge < -0.3 is 9.72 Å². The predicted molar refractivity (Wildman–Crippen MR) is 80.3 cm³/mol. The summed E-state index contributed by atoms with van der Waals surface area (Å²) in [6.07, 6.45) is 2.07. The predicted octanol–water partition coefficient (Wildman–Crippen LogP) is 4.29. The first-order valence-electron chi connectivity index (χ1n) is 6.08. The van der Waals surface area contributed by atoms with Gasteiger partial charge >= 0.3 is 0 Å². The van der Waals surface area contributed by atoms with Gasteiger partial charge in [-0.3, -0.25) is 0 Å². The van der Waals surface area contributed by atoms with Crippen LogP contribution in [0.5, 0.6) is 0 Å². The van der Waals surface area contributed by atoms with Gasteiger partial charge in [-0.05, 0) is 35.7 Å². The van der Waals surface area contributed by atoms with E-state index in [2.05, 4.69) is 33.4 Å². The molecule has 0 atom stereocenters. The van der Waals surface area contributed by atoms with Crippen LogP contribution in [0.2, 0.25) is 0 Å². The molecule has 4 aromatic rings. The van der Waals surface area contributed by atoms with Gasteiger partial charge in [0, 0.05) is 11.9 Å². The van der Waals surface area contributed by atoms with E-state index < -0.39 is 0 Å². The molecule has 0 aliphatic carbocycles. The Morgan fingerprint density at radius 1 is 0.947 bits per heavy atom. The molecule has 3 aromatic heterocycles. The summed E-state index contributed by atoms with van der Waals surface area (Å²) < 4.78 is 2.17. The minimum absolute atomic E-state index is 0.895. The number of hydrogen-bond donors (Lipinski definition) is 1. The smallest absolute Gasteiger partial charge is 0.156 e. The zero-order valence-corrected chi connectivity index (χ0v) is 10.9. The van der Waals surface area contributed by atoms with E-state index in [0.29, 0.717) is 0 Å². The topological polar surface area (TPSA) is 29.3 Å². The number of thiophene rings is 1. The van der Waals surface area contributed by atoms with Crippen molar-refractivity contribution in [2.75, 3.05) is 5.32 Å². The molecule has 0 spiro atoms. The molecule has 0 aliphatic heterocycles. The van der Waals surface area contributed by atoms with Gasteiger partial charge in [0.15, 0.2) is 5.82 Å². The third kappa shape index (κ3) is 1.69. The molecule has 0 saturated heterocycles. The van der Waals surface area contributed by atoms with Crippen LogP contribution < -0.4 is 5.32 Å². The number of aromatic nitrogens is 2. The Morgan fingerprint density at radius 2 is 1.84 bits per heavy atom. The van der Waals surface area contributed by atoms with E-state index in [9.17, 15) is 0 Å². The van der Waals surface area contributed by atoms with Gasteiger partial charge in [0.25, 0.3) is 0 Å². The number of nitrogens with one attached hydrogen (secondary N) is 1. The van der Waals surface area contributed by atoms with Gasteiger partial charge in [0.1, 0.15) is 4.83 Å². The monoisotopic (exact) mass is 265 g/mol. The highest BCUT2D eigenvalue weighted by atomic mass is 32.1. The maximum absolute atomic E-state index is 4.72. The molecule has 0 unspecified atom stereocenters. The number of hydrogen-bond acceptors (Lipinski definition) is 3. The molecular formula is C15H11N3S. The second-order valence-electron chi connectivity index (χ2n) is 4.33. The standard InChI is InChI=1S/C15H11N3S/c1-2-5-11(6-3-1)16-14-12-7-4-9-18(12)13-8-10-19-15(13)17-14/h1-10H,(H,16,17). The van der Waals surface area contributed by atoms with Gasteiger partial charge in [0.2, 0.25) is 0 Å². The third-order valence-electron chi connectivity index (χ3n) is 3.13. The number of fused-ring (bicyclic) bond motifs is 3. The first-order valence-corrected chi connectivity index (χ1v) is 6.96. The molecule has 0 bridgehead atoms. The number of anilines is 2. The van der Waals surface area contributed by atoms with Gasteiger partial charge in [-0.25, -0.2) is 4.98 Å². The lowest BCUT2D eigenvalue weighted by Gasteiger charge is -2.08. The van der Waals surface area contributed by atoms with Crippen molar-refractivity contribution in [3.8, 4) is 0 Å². The van der Waals surface area contributed by atoms with Crippen LogP contribution in [0.15, 0.2) is 60.1 Å². The fourth-order valence-corrected chi connectivity index (χ4v) is 3.01. The Kier molecular flexibility index (Phi) is 2.28. The lowest BCUT2D eigenvalue weighted by atomic mass is 10.3. The summed E-state index contributed by atoms with van der Waals surface area (Å²) >= 11 is 1.66. The normalized spacial score (nSPS) is 11.2. The summed E-state index contributed by atoms with van der Waals surface area (Å²) in [6.45, 7) is 0. The van der Waals surface area contributed by atoms with Crippen molar-refractivity contribution in [1.82, 2.24) is 9.38 Å². The fourth-order valence-electron chi connectivity index (χ4n) is 2.25. The van der Waals surface area contributed by atoms with E-state index in [4.69, 9.17) is 4.98 Å². The van der Waals surface area contributed by atoms with E-state index in [1.54, 1.807) is 11.3 Å². The van der Waals surface area contributed by atoms with E-state index >= 15 is 0 Å².